The van der Waals surface area contributed by atoms with E-state index >= 15 is 0 Å². The fraction of sp³-hybridized carbons (Fsp3) is 0.562. The van der Waals surface area contributed by atoms with Crippen molar-refractivity contribution in [3.63, 3.8) is 0 Å². The third-order valence-electron chi connectivity index (χ3n) is 3.49. The summed E-state index contributed by atoms with van der Waals surface area (Å²) >= 11 is 0. The molecule has 5 heteroatoms. The lowest BCUT2D eigenvalue weighted by Crippen LogP contribution is -2.46. The number of nitrogens with two attached hydrogens (primary N) is 1. The second-order valence-electron chi connectivity index (χ2n) is 5.95. The Labute approximate surface area is 125 Å². The molecule has 1 fully saturated rings. The van der Waals surface area contributed by atoms with E-state index in [1.54, 1.807) is 0 Å². The Bertz CT molecular complexity index is 462. The van der Waals surface area contributed by atoms with Crippen molar-refractivity contribution >= 4 is 5.91 Å². The van der Waals surface area contributed by atoms with Crippen LogP contribution in [0.15, 0.2) is 30.3 Å². The van der Waals surface area contributed by atoms with Gasteiger partial charge in [0.25, 0.3) is 0 Å². The predicted molar refractivity (Wildman–Crippen MR) is 81.1 cm³/mol. The molecule has 3 N–H and O–H groups in total. The van der Waals surface area contributed by atoms with Crippen LogP contribution in [0.2, 0.25) is 0 Å². The lowest BCUT2D eigenvalue weighted by molar-refractivity contribution is -0.132. The third-order valence-corrected chi connectivity index (χ3v) is 3.49. The average molecular weight is 292 g/mol. The first kappa shape index (κ1) is 15.8. The number of carbonyl (C=O) groups excluding carboxylic acids is 1. The van der Waals surface area contributed by atoms with Crippen LogP contribution in [0, 0.1) is 0 Å². The first-order valence-corrected chi connectivity index (χ1v) is 7.37. The molecule has 2 rings (SSSR count). The number of hydrogen-bond acceptors (Lipinski definition) is 4. The molecule has 0 saturated carbocycles. The Morgan fingerprint density at radius 1 is 1.38 bits per heavy atom. The smallest absolute Gasteiger partial charge is 0.249 e. The molecule has 0 spiro atoms. The zero-order valence-electron chi connectivity index (χ0n) is 12.7. The number of benzene rings is 1. The Balaban J connectivity index is 1.80. The van der Waals surface area contributed by atoms with E-state index < -0.39 is 5.60 Å². The largest absolute Gasteiger partial charge is 0.486 e. The number of ether oxygens (including phenoxy) is 2. The maximum absolute atomic E-state index is 12.1. The maximum Gasteiger partial charge on any atom is 0.249 e. The highest BCUT2D eigenvalue weighted by molar-refractivity contribution is 5.81. The minimum absolute atomic E-state index is 0.00864. The number of rotatable bonds is 6. The number of amides is 1. The molecule has 1 heterocycles. The van der Waals surface area contributed by atoms with Gasteiger partial charge < -0.3 is 20.5 Å². The van der Waals surface area contributed by atoms with Gasteiger partial charge in [0, 0.05) is 6.54 Å². The molecule has 1 aromatic carbocycles. The zero-order chi connectivity index (χ0) is 15.3. The van der Waals surface area contributed by atoms with Crippen LogP contribution in [0.1, 0.15) is 26.7 Å². The summed E-state index contributed by atoms with van der Waals surface area (Å²) in [6, 6.07) is 9.57. The minimum Gasteiger partial charge on any atom is -0.486 e. The monoisotopic (exact) mass is 292 g/mol. The van der Waals surface area contributed by atoms with Gasteiger partial charge in [-0.05, 0) is 38.8 Å². The Kier molecular flexibility index (Phi) is 5.20. The Hall–Kier alpha value is -1.59. The molecule has 2 atom stereocenters. The summed E-state index contributed by atoms with van der Waals surface area (Å²) in [5.74, 6) is 0.702. The fourth-order valence-electron chi connectivity index (χ4n) is 2.33. The topological polar surface area (TPSA) is 73.6 Å². The molecule has 1 amide bonds. The summed E-state index contributed by atoms with van der Waals surface area (Å²) in [7, 11) is 0. The van der Waals surface area contributed by atoms with Crippen LogP contribution in [-0.4, -0.2) is 36.8 Å². The van der Waals surface area contributed by atoms with Crippen LogP contribution < -0.4 is 15.8 Å². The standard InChI is InChI=1S/C16H24N2O3/c1-16(2,21-12-6-4-3-5-7-12)11-18-15(19)14-9-8-13(10-17)20-14/h3-7,13-14H,8-11,17H2,1-2H3,(H,18,19)/t13-,14+/m1/s1. The van der Waals surface area contributed by atoms with Gasteiger partial charge in [-0.2, -0.15) is 0 Å². The molecule has 1 saturated heterocycles. The summed E-state index contributed by atoms with van der Waals surface area (Å²) < 4.78 is 11.5. The third kappa shape index (κ3) is 4.72. The summed E-state index contributed by atoms with van der Waals surface area (Å²) in [6.07, 6.45) is 1.20. The van der Waals surface area contributed by atoms with Crippen molar-refractivity contribution in [2.24, 2.45) is 5.73 Å². The SMILES string of the molecule is CC(C)(CNC(=O)[C@@H]1CC[C@H](CN)O1)Oc1ccccc1. The zero-order valence-corrected chi connectivity index (χ0v) is 12.7. The highest BCUT2D eigenvalue weighted by Gasteiger charge is 2.31. The fourth-order valence-corrected chi connectivity index (χ4v) is 2.33. The van der Waals surface area contributed by atoms with Crippen LogP contribution in [0.5, 0.6) is 5.75 Å². The van der Waals surface area contributed by atoms with Gasteiger partial charge in [-0.15, -0.1) is 0 Å². The first-order chi connectivity index (χ1) is 10.00. The second-order valence-corrected chi connectivity index (χ2v) is 5.95. The van der Waals surface area contributed by atoms with Gasteiger partial charge in [0.2, 0.25) is 5.91 Å². The molecular weight excluding hydrogens is 268 g/mol. The van der Waals surface area contributed by atoms with E-state index in [4.69, 9.17) is 15.2 Å². The van der Waals surface area contributed by atoms with Gasteiger partial charge in [0.1, 0.15) is 17.5 Å². The van der Waals surface area contributed by atoms with Crippen LogP contribution in [0.25, 0.3) is 0 Å². The van der Waals surface area contributed by atoms with Crippen molar-refractivity contribution < 1.29 is 14.3 Å². The van der Waals surface area contributed by atoms with Crippen molar-refractivity contribution in [2.45, 2.75) is 44.5 Å². The second kappa shape index (κ2) is 6.91. The molecule has 0 radical (unpaired) electrons. The molecule has 1 aliphatic rings. The minimum atomic E-state index is -0.483. The van der Waals surface area contributed by atoms with Crippen LogP contribution in [0.4, 0.5) is 0 Å². The van der Waals surface area contributed by atoms with Crippen molar-refractivity contribution in [3.05, 3.63) is 30.3 Å². The highest BCUT2D eigenvalue weighted by Crippen LogP contribution is 2.20. The van der Waals surface area contributed by atoms with E-state index in [9.17, 15) is 4.79 Å². The van der Waals surface area contributed by atoms with E-state index in [1.807, 2.05) is 44.2 Å². The Morgan fingerprint density at radius 2 is 2.10 bits per heavy atom. The van der Waals surface area contributed by atoms with E-state index in [1.165, 1.54) is 0 Å². The van der Waals surface area contributed by atoms with Gasteiger partial charge in [-0.3, -0.25) is 4.79 Å². The summed E-state index contributed by atoms with van der Waals surface area (Å²) in [5, 5.41) is 2.90. The normalized spacial score (nSPS) is 22.0. The van der Waals surface area contributed by atoms with Gasteiger partial charge >= 0.3 is 0 Å². The van der Waals surface area contributed by atoms with Crippen molar-refractivity contribution in [2.75, 3.05) is 13.1 Å². The maximum atomic E-state index is 12.1. The van der Waals surface area contributed by atoms with Crippen LogP contribution >= 0.6 is 0 Å². The Morgan fingerprint density at radius 3 is 2.71 bits per heavy atom. The number of carbonyl (C=O) groups is 1. The van der Waals surface area contributed by atoms with Gasteiger partial charge in [0.05, 0.1) is 12.6 Å². The quantitative estimate of drug-likeness (QED) is 0.832. The molecule has 0 aromatic heterocycles. The highest BCUT2D eigenvalue weighted by atomic mass is 16.5. The molecule has 0 bridgehead atoms. The van der Waals surface area contributed by atoms with Crippen molar-refractivity contribution in [1.82, 2.24) is 5.32 Å². The van der Waals surface area contributed by atoms with Gasteiger partial charge in [-0.1, -0.05) is 18.2 Å². The number of hydrogen-bond donors (Lipinski definition) is 2. The van der Waals surface area contributed by atoms with E-state index in [2.05, 4.69) is 5.32 Å². The summed E-state index contributed by atoms with van der Waals surface area (Å²) in [5.41, 5.74) is 5.07. The van der Waals surface area contributed by atoms with Gasteiger partial charge in [-0.25, -0.2) is 0 Å². The van der Waals surface area contributed by atoms with E-state index in [0.29, 0.717) is 13.1 Å². The lowest BCUT2D eigenvalue weighted by atomic mass is 10.1. The van der Waals surface area contributed by atoms with Crippen molar-refractivity contribution in [1.29, 1.82) is 0 Å². The molecule has 0 unspecified atom stereocenters. The molecule has 0 aliphatic carbocycles. The summed E-state index contributed by atoms with van der Waals surface area (Å²) in [4.78, 5) is 12.1. The van der Waals surface area contributed by atoms with Crippen LogP contribution in [0.3, 0.4) is 0 Å². The first-order valence-electron chi connectivity index (χ1n) is 7.37. The number of para-hydroxylation sites is 1. The predicted octanol–water partition coefficient (Wildman–Crippen LogP) is 1.47. The lowest BCUT2D eigenvalue weighted by Gasteiger charge is -2.27. The van der Waals surface area contributed by atoms with Crippen molar-refractivity contribution in [3.8, 4) is 5.75 Å². The van der Waals surface area contributed by atoms with Gasteiger partial charge in [0.15, 0.2) is 0 Å². The summed E-state index contributed by atoms with van der Waals surface area (Å²) in [6.45, 7) is 4.78. The molecule has 21 heavy (non-hydrogen) atoms. The molecule has 5 nitrogen and oxygen atoms in total. The van der Waals surface area contributed by atoms with E-state index in [-0.39, 0.29) is 18.1 Å². The number of nitrogens with one attached hydrogen (secondary N) is 1. The molecule has 116 valence electrons. The van der Waals surface area contributed by atoms with E-state index in [0.717, 1.165) is 18.6 Å². The molecular formula is C16H24N2O3. The van der Waals surface area contributed by atoms with Crippen LogP contribution in [-0.2, 0) is 9.53 Å². The molecule has 1 aromatic rings. The molecule has 1 aliphatic heterocycles. The average Bonchev–Trinajstić information content (AvgIpc) is 2.94.